The molecule has 1 heterocycles. The Labute approximate surface area is 476 Å². The van der Waals surface area contributed by atoms with Gasteiger partial charge in [0, 0.05) is 17.7 Å². The number of alkyl halides is 24. The largest absolute Gasteiger partial charge is 0.418 e. The number of rotatable bonds is 10. The second-order valence-electron chi connectivity index (χ2n) is 19.0. The first-order valence-corrected chi connectivity index (χ1v) is 24.1. The van der Waals surface area contributed by atoms with Crippen LogP contribution in [0.1, 0.15) is 65.4 Å². The van der Waals surface area contributed by atoms with Gasteiger partial charge >= 0.3 is 55.4 Å². The molecule has 0 atom stereocenters. The van der Waals surface area contributed by atoms with Gasteiger partial charge < -0.3 is 4.74 Å². The van der Waals surface area contributed by atoms with Gasteiger partial charge in [-0.3, -0.25) is 14.9 Å². The Morgan fingerprint density at radius 1 is 0.409 bits per heavy atom. The summed E-state index contributed by atoms with van der Waals surface area (Å²) in [5.74, 6) is -0.823. The Hall–Kier alpha value is -9.13. The Morgan fingerprint density at radius 3 is 1.07 bits per heavy atom. The molecule has 0 fully saturated rings. The molecule has 0 saturated heterocycles. The number of hydrogen-bond donors (Lipinski definition) is 0. The number of hydrogen-bond acceptors (Lipinski definition) is 5. The molecular weight excluding hydrogens is 1250 g/mol. The van der Waals surface area contributed by atoms with Gasteiger partial charge in [0.15, 0.2) is 6.20 Å². The number of nitro groups is 1. The van der Waals surface area contributed by atoms with Gasteiger partial charge in [0.2, 0.25) is 12.3 Å². The molecule has 8 aromatic rings. The van der Waals surface area contributed by atoms with E-state index in [2.05, 4.69) is 0 Å². The maximum atomic E-state index is 14.2. The van der Waals surface area contributed by atoms with Crippen LogP contribution >= 0.6 is 0 Å². The van der Waals surface area contributed by atoms with Crippen LogP contribution in [0, 0.1) is 10.1 Å². The number of Topliss-reactive ketones (excluding diaryl/α,β-unsaturated/α-hetero) is 1. The van der Waals surface area contributed by atoms with Gasteiger partial charge in [-0.1, -0.05) is 103 Å². The van der Waals surface area contributed by atoms with Crippen LogP contribution in [0.5, 0.6) is 5.75 Å². The molecule has 0 unspecified atom stereocenters. The first-order valence-electron chi connectivity index (χ1n) is 24.1. The number of nitro benzene ring substituents is 1. The van der Waals surface area contributed by atoms with Gasteiger partial charge in [-0.05, 0) is 41.8 Å². The van der Waals surface area contributed by atoms with Crippen LogP contribution in [-0.4, -0.2) is 22.8 Å². The third-order valence-corrected chi connectivity index (χ3v) is 13.2. The number of aromatic nitrogens is 1. The molecule has 0 radical (unpaired) electrons. The fourth-order valence-electron chi connectivity index (χ4n) is 9.37. The van der Waals surface area contributed by atoms with E-state index < -0.39 is 206 Å². The summed E-state index contributed by atoms with van der Waals surface area (Å²) in [6.07, 6.45) is -53.1. The highest BCUT2D eigenvalue weighted by molar-refractivity contribution is 7.20. The summed E-state index contributed by atoms with van der Waals surface area (Å²) < 4.78 is 348. The highest BCUT2D eigenvalue weighted by Gasteiger charge is 2.47. The second-order valence-corrected chi connectivity index (χ2v) is 19.0. The average Bonchev–Trinajstić information content (AvgIpc) is 1.35. The van der Waals surface area contributed by atoms with Crippen LogP contribution in [0.15, 0.2) is 164 Å². The second kappa shape index (κ2) is 23.5. The summed E-state index contributed by atoms with van der Waals surface area (Å²) >= 11 is 0. The van der Waals surface area contributed by atoms with Crippen LogP contribution in [0.25, 0.3) is 10.8 Å². The Kier molecular flexibility index (Phi) is 17.7. The van der Waals surface area contributed by atoms with Gasteiger partial charge in [-0.15, -0.1) is 0 Å². The number of carbonyl (C=O) groups is 2. The number of ether oxygens (including phenoxy) is 1. The molecule has 7 aromatic carbocycles. The van der Waals surface area contributed by atoms with Crippen LogP contribution in [0.2, 0.25) is 0 Å². The predicted octanol–water partition coefficient (Wildman–Crippen LogP) is 15.4. The quantitative estimate of drug-likeness (QED) is 0.0199. The van der Waals surface area contributed by atoms with Crippen molar-refractivity contribution in [1.29, 1.82) is 0 Å². The number of benzene rings is 7. The van der Waals surface area contributed by atoms with Gasteiger partial charge in [0.05, 0.1) is 60.9 Å². The fourth-order valence-corrected chi connectivity index (χ4v) is 9.37. The molecule has 1 aromatic heterocycles. The van der Waals surface area contributed by atoms with E-state index in [1.807, 2.05) is 24.3 Å². The van der Waals surface area contributed by atoms with Gasteiger partial charge in [-0.25, -0.2) is 4.79 Å². The normalized spacial score (nSPS) is 13.0. The highest BCUT2D eigenvalue weighted by Crippen LogP contribution is 2.42. The smallest absolute Gasteiger partial charge is 0.416 e. The molecule has 464 valence electrons. The van der Waals surface area contributed by atoms with Crippen LogP contribution < -0.4 is 31.2 Å². The zero-order valence-electron chi connectivity index (χ0n) is 42.9. The molecule has 0 saturated carbocycles. The maximum absolute atomic E-state index is 14.2. The minimum atomic E-state index is -6.13. The molecule has 0 N–H and O–H groups in total. The third kappa shape index (κ3) is 14.8. The first kappa shape index (κ1) is 66.4. The number of pyridine rings is 1. The molecule has 88 heavy (non-hydrogen) atoms. The SMILES string of the molecule is FC(F)(F)c1cc([B-](c2cc(C(F)(F)F)cc(C(F)(F)F)c2)(c2cc(C(F)(F)F)cc(C(F)(F)F)c2)c2cc(C(F)(F)F)cc(C(F)(F)F)c2)cc(C(F)(F)F)c1.O=C(C[n+]1ccc2ccccc2c1C(=O)Oc1cccc([N+](=O)[O-])c1)c1ccccc1. The van der Waals surface area contributed by atoms with Crippen LogP contribution in [0.3, 0.4) is 0 Å². The summed E-state index contributed by atoms with van der Waals surface area (Å²) in [7, 11) is 0. The van der Waals surface area contributed by atoms with E-state index in [1.54, 1.807) is 42.6 Å². The van der Waals surface area contributed by atoms with E-state index in [0.717, 1.165) is 5.39 Å². The lowest BCUT2D eigenvalue weighted by atomic mass is 9.12. The maximum Gasteiger partial charge on any atom is 0.416 e. The van der Waals surface area contributed by atoms with E-state index in [1.165, 1.54) is 28.8 Å². The Morgan fingerprint density at radius 2 is 0.739 bits per heavy atom. The lowest BCUT2D eigenvalue weighted by molar-refractivity contribution is -0.684. The van der Waals surface area contributed by atoms with E-state index in [4.69, 9.17) is 4.74 Å². The third-order valence-electron chi connectivity index (χ3n) is 13.2. The fraction of sp³-hybridized carbons (Fsp3) is 0.161. The van der Waals surface area contributed by atoms with Crippen molar-refractivity contribution in [2.75, 3.05) is 0 Å². The number of fused-ring (bicyclic) bond motifs is 1. The molecule has 0 aliphatic carbocycles. The van der Waals surface area contributed by atoms with Crippen LogP contribution in [-0.2, 0) is 56.0 Å². The zero-order valence-corrected chi connectivity index (χ0v) is 42.9. The minimum Gasteiger partial charge on any atom is -0.418 e. The van der Waals surface area contributed by atoms with Gasteiger partial charge in [-0.2, -0.15) is 132 Å². The summed E-state index contributed by atoms with van der Waals surface area (Å²) in [5.41, 5.74) is -29.7. The van der Waals surface area contributed by atoms with Crippen molar-refractivity contribution < 1.29 is 129 Å². The van der Waals surface area contributed by atoms with E-state index in [0.29, 0.717) is 10.9 Å². The molecular formula is C56H29BF24N2O5. The van der Waals surface area contributed by atoms with Crippen molar-refractivity contribution in [3.8, 4) is 5.75 Å². The highest BCUT2D eigenvalue weighted by atomic mass is 19.4. The van der Waals surface area contributed by atoms with E-state index in [9.17, 15) is 125 Å². The van der Waals surface area contributed by atoms with Crippen molar-refractivity contribution in [3.63, 3.8) is 0 Å². The lowest BCUT2D eigenvalue weighted by Crippen LogP contribution is -2.75. The molecule has 8 rings (SSSR count). The molecule has 7 nitrogen and oxygen atoms in total. The Bertz CT molecular complexity index is 3520. The van der Waals surface area contributed by atoms with E-state index in [-0.39, 0.29) is 29.5 Å². The predicted molar refractivity (Wildman–Crippen MR) is 263 cm³/mol. The van der Waals surface area contributed by atoms with Crippen molar-refractivity contribution in [2.24, 2.45) is 0 Å². The van der Waals surface area contributed by atoms with Crippen molar-refractivity contribution in [3.05, 3.63) is 230 Å². The lowest BCUT2D eigenvalue weighted by Gasteiger charge is -2.46. The number of carbonyl (C=O) groups excluding carboxylic acids is 2. The van der Waals surface area contributed by atoms with Gasteiger partial charge in [0.25, 0.3) is 11.4 Å². The Balaban J connectivity index is 0.000000298. The molecule has 0 amide bonds. The molecule has 0 bridgehead atoms. The average molecular weight is 1280 g/mol. The van der Waals surface area contributed by atoms with Crippen LogP contribution in [0.4, 0.5) is 111 Å². The standard InChI is InChI=1S/C32H12BF24.C24H17N2O5/c34-25(35,36)13-1-14(26(37,38)39)6-21(5-13)33(22-7-15(27(40,41)42)2-16(8-22)28(43,44)45,23-9-17(29(46,47)48)3-18(10-23)30(49,50)51)24-11-19(31(52,53)54)4-20(12-24)32(55,56)57;27-22(18-8-2-1-3-9-18)16-25-14-13-17-7-4-5-12-21(17)23(25)24(28)31-20-11-6-10-19(15-20)26(29)30/h1-12H;1-15H,16H2/q-1;+1. The topological polar surface area (TPSA) is 90.4 Å². The van der Waals surface area contributed by atoms with Crippen molar-refractivity contribution >= 4 is 56.2 Å². The number of non-ortho nitro benzene ring substituents is 1. The molecule has 32 heteroatoms. The van der Waals surface area contributed by atoms with Crippen molar-refractivity contribution in [1.82, 2.24) is 0 Å². The van der Waals surface area contributed by atoms with Crippen molar-refractivity contribution in [2.45, 2.75) is 56.0 Å². The van der Waals surface area contributed by atoms with Gasteiger partial charge in [0.1, 0.15) is 11.9 Å². The number of esters is 1. The first-order chi connectivity index (χ1) is 40.3. The molecule has 0 aliphatic rings. The number of halogens is 24. The molecule has 0 spiro atoms. The summed E-state index contributed by atoms with van der Waals surface area (Å²) in [5, 5.41) is 12.4. The number of nitrogens with zero attached hydrogens (tertiary/aromatic N) is 2. The van der Waals surface area contributed by atoms with E-state index >= 15 is 0 Å². The monoisotopic (exact) mass is 1280 g/mol. The summed E-state index contributed by atoms with van der Waals surface area (Å²) in [4.78, 5) is 36.3. The summed E-state index contributed by atoms with van der Waals surface area (Å²) in [6.45, 7) is -0.0613. The molecule has 0 aliphatic heterocycles. The summed E-state index contributed by atoms with van der Waals surface area (Å²) in [6, 6.07) is 14.5. The number of ketones is 1. The minimum absolute atomic E-state index is 0.0491. The zero-order chi connectivity index (χ0) is 65.7.